The first kappa shape index (κ1) is 14.0. The first-order valence-corrected chi connectivity index (χ1v) is 3.06. The van der Waals surface area contributed by atoms with E-state index in [1.165, 1.54) is 0 Å². The largest absolute Gasteiger partial charge is 0.497 e. The molecular formula is C7H12Cl2N2O. The molecule has 2 N–H and O–H groups in total. The smallest absolute Gasteiger partial charge is 0.122 e. The fourth-order valence-corrected chi connectivity index (χ4v) is 0.695. The van der Waals surface area contributed by atoms with Gasteiger partial charge in [0.2, 0.25) is 0 Å². The van der Waals surface area contributed by atoms with Crippen molar-refractivity contribution in [2.75, 3.05) is 7.11 Å². The van der Waals surface area contributed by atoms with E-state index >= 15 is 0 Å². The van der Waals surface area contributed by atoms with Crippen LogP contribution in [0, 0.1) is 0 Å². The molecule has 3 nitrogen and oxygen atoms in total. The number of rotatable bonds is 2. The summed E-state index contributed by atoms with van der Waals surface area (Å²) in [5, 5.41) is 0. The van der Waals surface area contributed by atoms with Crippen molar-refractivity contribution in [1.82, 2.24) is 4.98 Å². The fourth-order valence-electron chi connectivity index (χ4n) is 0.695. The van der Waals surface area contributed by atoms with Crippen LogP contribution in [-0.2, 0) is 6.54 Å². The maximum Gasteiger partial charge on any atom is 0.122 e. The maximum atomic E-state index is 5.36. The molecule has 0 spiro atoms. The van der Waals surface area contributed by atoms with E-state index in [4.69, 9.17) is 10.5 Å². The molecule has 12 heavy (non-hydrogen) atoms. The predicted octanol–water partition coefficient (Wildman–Crippen LogP) is 1.39. The second kappa shape index (κ2) is 7.16. The van der Waals surface area contributed by atoms with Crippen LogP contribution in [0.15, 0.2) is 18.3 Å². The molecular weight excluding hydrogens is 199 g/mol. The lowest BCUT2D eigenvalue weighted by Gasteiger charge is -1.99. The van der Waals surface area contributed by atoms with Gasteiger partial charge in [-0.25, -0.2) is 0 Å². The van der Waals surface area contributed by atoms with E-state index in [0.717, 1.165) is 11.4 Å². The Morgan fingerprint density at radius 2 is 2.17 bits per heavy atom. The zero-order valence-electron chi connectivity index (χ0n) is 6.69. The van der Waals surface area contributed by atoms with Crippen LogP contribution in [0.3, 0.4) is 0 Å². The number of hydrogen-bond acceptors (Lipinski definition) is 3. The van der Waals surface area contributed by atoms with Crippen LogP contribution in [0.1, 0.15) is 5.69 Å². The molecule has 0 radical (unpaired) electrons. The van der Waals surface area contributed by atoms with Crippen molar-refractivity contribution in [2.24, 2.45) is 5.73 Å². The Morgan fingerprint density at radius 1 is 1.50 bits per heavy atom. The average Bonchev–Trinajstić information content (AvgIpc) is 2.05. The van der Waals surface area contributed by atoms with Crippen LogP contribution >= 0.6 is 24.8 Å². The highest BCUT2D eigenvalue weighted by Crippen LogP contribution is 2.08. The molecule has 0 aliphatic heterocycles. The van der Waals surface area contributed by atoms with Gasteiger partial charge in [-0.2, -0.15) is 0 Å². The van der Waals surface area contributed by atoms with Gasteiger partial charge in [0, 0.05) is 18.8 Å². The lowest BCUT2D eigenvalue weighted by molar-refractivity contribution is 0.413. The van der Waals surface area contributed by atoms with Crippen molar-refractivity contribution in [1.29, 1.82) is 0 Å². The Balaban J connectivity index is 0. The standard InChI is InChI=1S/C7H10N2O.2ClH/c1-10-7-2-3-9-6(4-7)5-8;;/h2-4H,5,8H2,1H3;2*1H. The quantitative estimate of drug-likeness (QED) is 0.804. The number of methoxy groups -OCH3 is 1. The summed E-state index contributed by atoms with van der Waals surface area (Å²) in [6.45, 7) is 0.456. The van der Waals surface area contributed by atoms with E-state index in [1.807, 2.05) is 6.07 Å². The number of aromatic nitrogens is 1. The first-order chi connectivity index (χ1) is 4.86. The van der Waals surface area contributed by atoms with Crippen molar-refractivity contribution in [3.63, 3.8) is 0 Å². The highest BCUT2D eigenvalue weighted by molar-refractivity contribution is 5.85. The summed E-state index contributed by atoms with van der Waals surface area (Å²) in [5.74, 6) is 0.801. The highest BCUT2D eigenvalue weighted by Gasteiger charge is 1.92. The molecule has 0 aromatic carbocycles. The lowest BCUT2D eigenvalue weighted by Crippen LogP contribution is -1.99. The minimum absolute atomic E-state index is 0. The monoisotopic (exact) mass is 210 g/mol. The van der Waals surface area contributed by atoms with Gasteiger partial charge in [0.05, 0.1) is 12.8 Å². The van der Waals surface area contributed by atoms with Gasteiger partial charge in [-0.15, -0.1) is 24.8 Å². The molecule has 1 rings (SSSR count). The molecule has 1 heterocycles. The van der Waals surface area contributed by atoms with E-state index in [1.54, 1.807) is 19.4 Å². The van der Waals surface area contributed by atoms with E-state index in [2.05, 4.69) is 4.98 Å². The highest BCUT2D eigenvalue weighted by atomic mass is 35.5. The van der Waals surface area contributed by atoms with E-state index in [9.17, 15) is 0 Å². The molecule has 0 bridgehead atoms. The number of hydrogen-bond donors (Lipinski definition) is 1. The normalized spacial score (nSPS) is 7.83. The Hall–Kier alpha value is -0.510. The second-order valence-electron chi connectivity index (χ2n) is 1.89. The van der Waals surface area contributed by atoms with Crippen LogP contribution in [0.5, 0.6) is 5.75 Å². The lowest BCUT2D eigenvalue weighted by atomic mass is 10.3. The first-order valence-electron chi connectivity index (χ1n) is 3.06. The SMILES string of the molecule is COc1ccnc(CN)c1.Cl.Cl. The number of halogens is 2. The summed E-state index contributed by atoms with van der Waals surface area (Å²) < 4.78 is 4.96. The zero-order valence-corrected chi connectivity index (χ0v) is 8.32. The molecule has 0 unspecified atom stereocenters. The van der Waals surface area contributed by atoms with E-state index < -0.39 is 0 Å². The molecule has 1 aromatic heterocycles. The average molecular weight is 211 g/mol. The molecule has 1 aromatic rings. The van der Waals surface area contributed by atoms with Crippen LogP contribution < -0.4 is 10.5 Å². The van der Waals surface area contributed by atoms with Crippen LogP contribution in [0.25, 0.3) is 0 Å². The number of nitrogens with zero attached hydrogens (tertiary/aromatic N) is 1. The van der Waals surface area contributed by atoms with Crippen molar-refractivity contribution in [3.05, 3.63) is 24.0 Å². The topological polar surface area (TPSA) is 48.1 Å². The van der Waals surface area contributed by atoms with Gasteiger partial charge in [0.25, 0.3) is 0 Å². The summed E-state index contributed by atoms with van der Waals surface area (Å²) >= 11 is 0. The summed E-state index contributed by atoms with van der Waals surface area (Å²) in [6, 6.07) is 3.61. The molecule has 0 aliphatic carbocycles. The molecule has 0 saturated carbocycles. The summed E-state index contributed by atoms with van der Waals surface area (Å²) in [5.41, 5.74) is 6.20. The van der Waals surface area contributed by atoms with Gasteiger partial charge >= 0.3 is 0 Å². The molecule has 0 amide bonds. The Kier molecular flexibility index (Phi) is 8.37. The molecule has 5 heteroatoms. The zero-order chi connectivity index (χ0) is 7.40. The van der Waals surface area contributed by atoms with Crippen LogP contribution in [0.4, 0.5) is 0 Å². The maximum absolute atomic E-state index is 5.36. The molecule has 0 atom stereocenters. The Morgan fingerprint density at radius 3 is 2.67 bits per heavy atom. The Bertz CT molecular complexity index is 201. The number of nitrogens with two attached hydrogens (primary N) is 1. The van der Waals surface area contributed by atoms with Gasteiger partial charge in [-0.3, -0.25) is 4.98 Å². The Labute approximate surface area is 84.1 Å². The van der Waals surface area contributed by atoms with Gasteiger partial charge < -0.3 is 10.5 Å². The predicted molar refractivity (Wildman–Crippen MR) is 53.2 cm³/mol. The number of pyridine rings is 1. The minimum Gasteiger partial charge on any atom is -0.497 e. The fraction of sp³-hybridized carbons (Fsp3) is 0.286. The molecule has 0 aliphatic rings. The third kappa shape index (κ3) is 3.76. The van der Waals surface area contributed by atoms with Crippen molar-refractivity contribution >= 4 is 24.8 Å². The third-order valence-corrected chi connectivity index (χ3v) is 1.23. The van der Waals surface area contributed by atoms with Gasteiger partial charge in [0.1, 0.15) is 5.75 Å². The second-order valence-corrected chi connectivity index (χ2v) is 1.89. The molecule has 0 fully saturated rings. The van der Waals surface area contributed by atoms with Crippen molar-refractivity contribution in [3.8, 4) is 5.75 Å². The summed E-state index contributed by atoms with van der Waals surface area (Å²) in [4.78, 5) is 4.00. The summed E-state index contributed by atoms with van der Waals surface area (Å²) in [7, 11) is 1.62. The van der Waals surface area contributed by atoms with E-state index in [0.29, 0.717) is 6.54 Å². The third-order valence-electron chi connectivity index (χ3n) is 1.23. The van der Waals surface area contributed by atoms with Crippen LogP contribution in [-0.4, -0.2) is 12.1 Å². The van der Waals surface area contributed by atoms with Crippen molar-refractivity contribution in [2.45, 2.75) is 6.54 Å². The van der Waals surface area contributed by atoms with E-state index in [-0.39, 0.29) is 24.8 Å². The minimum atomic E-state index is 0. The molecule has 0 saturated heterocycles. The molecule has 70 valence electrons. The van der Waals surface area contributed by atoms with Gasteiger partial charge in [0.15, 0.2) is 0 Å². The van der Waals surface area contributed by atoms with Gasteiger partial charge in [-0.1, -0.05) is 0 Å². The summed E-state index contributed by atoms with van der Waals surface area (Å²) in [6.07, 6.45) is 1.68. The van der Waals surface area contributed by atoms with Crippen molar-refractivity contribution < 1.29 is 4.74 Å². The number of ether oxygens (including phenoxy) is 1. The van der Waals surface area contributed by atoms with Crippen LogP contribution in [0.2, 0.25) is 0 Å². The van der Waals surface area contributed by atoms with Gasteiger partial charge in [-0.05, 0) is 6.07 Å².